The van der Waals surface area contributed by atoms with Crippen molar-refractivity contribution < 1.29 is 17.8 Å². The van der Waals surface area contributed by atoms with Crippen LogP contribution in [0.25, 0.3) is 0 Å². The molecule has 0 aromatic heterocycles. The number of carbonyl (C=O) groups excluding carboxylic acids is 1. The van der Waals surface area contributed by atoms with E-state index in [-0.39, 0.29) is 15.7 Å². The Hall–Kier alpha value is -2.11. The van der Waals surface area contributed by atoms with Gasteiger partial charge in [-0.1, -0.05) is 103 Å². The van der Waals surface area contributed by atoms with Gasteiger partial charge in [0.15, 0.2) is 6.17 Å². The number of urea groups is 1. The largest absolute Gasteiger partial charge is 0.350 e. The van der Waals surface area contributed by atoms with Crippen LogP contribution in [0.3, 0.4) is 0 Å². The average molecular weight is 554 g/mol. The number of carbonyl (C=O) groups is 1. The molecule has 0 spiro atoms. The maximum atomic E-state index is 12.3. The monoisotopic (exact) mass is 553 g/mol. The molecule has 0 radical (unpaired) electrons. The Morgan fingerprint density at radius 2 is 1.49 bits per heavy atom. The van der Waals surface area contributed by atoms with E-state index < -0.39 is 22.3 Å². The van der Waals surface area contributed by atoms with Crippen molar-refractivity contribution in [3.8, 4) is 0 Å². The summed E-state index contributed by atoms with van der Waals surface area (Å²) in [6.45, 7) is 2.25. The topological polar surface area (TPSA) is 129 Å². The van der Waals surface area contributed by atoms with Gasteiger partial charge in [0.1, 0.15) is 0 Å². The van der Waals surface area contributed by atoms with Gasteiger partial charge in [-0.3, -0.25) is 4.55 Å². The summed E-state index contributed by atoms with van der Waals surface area (Å²) in [5.41, 5.74) is 5.76. The summed E-state index contributed by atoms with van der Waals surface area (Å²) in [7, 11) is -4.45. The molecule has 0 bridgehead atoms. The molecule has 3 N–H and O–H groups in total. The maximum Gasteiger partial charge on any atom is 0.338 e. The lowest BCUT2D eigenvalue weighted by molar-refractivity contribution is 0.230. The van der Waals surface area contributed by atoms with Crippen LogP contribution in [-0.4, -0.2) is 35.3 Å². The number of amides is 2. The van der Waals surface area contributed by atoms with Crippen LogP contribution in [0.1, 0.15) is 110 Å². The Kier molecular flexibility index (Phi) is 14.0. The SMILES string of the molecule is CCCCCCCCCCCCCCCCCC1N=NC(=S)N1N(C(N)=O)c1cccc(S(=O)(=O)O)c1. The fourth-order valence-corrected chi connectivity index (χ4v) is 5.34. The average Bonchev–Trinajstić information content (AvgIpc) is 3.21. The van der Waals surface area contributed by atoms with E-state index in [1.807, 2.05) is 0 Å². The number of hydrogen-bond donors (Lipinski definition) is 2. The van der Waals surface area contributed by atoms with Crippen molar-refractivity contribution in [3.63, 3.8) is 0 Å². The van der Waals surface area contributed by atoms with Crippen molar-refractivity contribution in [2.24, 2.45) is 16.0 Å². The summed E-state index contributed by atoms with van der Waals surface area (Å²) in [5, 5.41) is 10.7. The van der Waals surface area contributed by atoms with Crippen molar-refractivity contribution in [3.05, 3.63) is 24.3 Å². The number of benzene rings is 1. The second-order valence-electron chi connectivity index (χ2n) is 9.68. The first-order valence-corrected chi connectivity index (χ1v) is 15.5. The van der Waals surface area contributed by atoms with Gasteiger partial charge >= 0.3 is 6.03 Å². The van der Waals surface area contributed by atoms with Crippen LogP contribution in [-0.2, 0) is 10.1 Å². The number of nitrogens with two attached hydrogens (primary N) is 1. The summed E-state index contributed by atoms with van der Waals surface area (Å²) in [6.07, 6.45) is 19.2. The molecule has 0 saturated carbocycles. The normalized spacial score (nSPS) is 15.5. The van der Waals surface area contributed by atoms with E-state index in [1.165, 1.54) is 100 Å². The zero-order valence-corrected chi connectivity index (χ0v) is 23.7. The van der Waals surface area contributed by atoms with Gasteiger partial charge in [0.05, 0.1) is 10.6 Å². The number of unbranched alkanes of at least 4 members (excludes halogenated alkanes) is 14. The molecule has 9 nitrogen and oxygen atoms in total. The number of nitrogens with zero attached hydrogens (tertiary/aromatic N) is 4. The van der Waals surface area contributed by atoms with Crippen molar-refractivity contribution in [2.75, 3.05) is 5.01 Å². The van der Waals surface area contributed by atoms with Gasteiger partial charge in [0.2, 0.25) is 5.11 Å². The summed E-state index contributed by atoms with van der Waals surface area (Å²) in [5.74, 6) is 0. The fraction of sp³-hybridized carbons (Fsp3) is 0.692. The van der Waals surface area contributed by atoms with Crippen molar-refractivity contribution in [2.45, 2.75) is 121 Å². The van der Waals surface area contributed by atoms with Crippen molar-refractivity contribution >= 4 is 39.2 Å². The highest BCUT2D eigenvalue weighted by Crippen LogP contribution is 2.28. The van der Waals surface area contributed by atoms with Gasteiger partial charge in [0, 0.05) is 0 Å². The summed E-state index contributed by atoms with van der Waals surface area (Å²) < 4.78 is 32.4. The Bertz CT molecular complexity index is 987. The molecular formula is C26H43N5O4S2. The number of hydrogen-bond acceptors (Lipinski definition) is 5. The highest BCUT2D eigenvalue weighted by molar-refractivity contribution is 7.85. The smallest absolute Gasteiger partial charge is 0.338 e. The lowest BCUT2D eigenvalue weighted by Gasteiger charge is -2.33. The molecule has 1 aliphatic heterocycles. The van der Waals surface area contributed by atoms with Gasteiger partial charge in [0.25, 0.3) is 10.1 Å². The van der Waals surface area contributed by atoms with E-state index in [0.29, 0.717) is 6.42 Å². The number of anilines is 1. The van der Waals surface area contributed by atoms with Crippen LogP contribution in [0.2, 0.25) is 0 Å². The fourth-order valence-electron chi connectivity index (χ4n) is 4.57. The first-order chi connectivity index (χ1) is 17.8. The third kappa shape index (κ3) is 11.0. The molecule has 1 unspecified atom stereocenters. The Balaban J connectivity index is 1.70. The van der Waals surface area contributed by atoms with Crippen LogP contribution in [0.15, 0.2) is 39.4 Å². The summed E-state index contributed by atoms with van der Waals surface area (Å²) in [4.78, 5) is 12.0. The molecule has 1 heterocycles. The molecular weight excluding hydrogens is 510 g/mol. The predicted octanol–water partition coefficient (Wildman–Crippen LogP) is 7.37. The Morgan fingerprint density at radius 1 is 0.973 bits per heavy atom. The molecule has 0 aliphatic carbocycles. The minimum Gasteiger partial charge on any atom is -0.350 e. The van der Waals surface area contributed by atoms with Crippen molar-refractivity contribution in [1.29, 1.82) is 0 Å². The van der Waals surface area contributed by atoms with Crippen LogP contribution in [0.4, 0.5) is 10.5 Å². The highest BCUT2D eigenvalue weighted by Gasteiger charge is 2.35. The van der Waals surface area contributed by atoms with Crippen LogP contribution in [0.5, 0.6) is 0 Å². The Labute approximate surface area is 227 Å². The standard InChI is InChI=1S/C26H43N5O4S2/c1-2-3-4-5-6-7-8-9-10-11-12-13-14-15-16-20-24-28-29-26(36)31(24)30(25(27)32)22-18-17-19-23(21-22)37(33,34)35/h17-19,21,24H,2-16,20H2,1H3,(H2,27,32)(H,33,34,35). The second kappa shape index (κ2) is 16.7. The van der Waals surface area contributed by atoms with Crippen molar-refractivity contribution in [1.82, 2.24) is 5.01 Å². The molecule has 2 rings (SSSR count). The van der Waals surface area contributed by atoms with E-state index >= 15 is 0 Å². The quantitative estimate of drug-likeness (QED) is 0.104. The lowest BCUT2D eigenvalue weighted by atomic mass is 10.0. The molecule has 1 aromatic rings. The summed E-state index contributed by atoms with van der Waals surface area (Å²) in [6, 6.07) is 4.44. The van der Waals surface area contributed by atoms with Crippen LogP contribution < -0.4 is 10.7 Å². The van der Waals surface area contributed by atoms with Gasteiger partial charge in [-0.15, -0.1) is 5.11 Å². The molecule has 1 aromatic carbocycles. The summed E-state index contributed by atoms with van der Waals surface area (Å²) >= 11 is 5.28. The van der Waals surface area contributed by atoms with Gasteiger partial charge in [-0.2, -0.15) is 18.5 Å². The molecule has 0 fully saturated rings. The predicted molar refractivity (Wildman–Crippen MR) is 151 cm³/mol. The van der Waals surface area contributed by atoms with E-state index in [0.717, 1.165) is 30.3 Å². The number of hydrazine groups is 1. The minimum atomic E-state index is -4.45. The van der Waals surface area contributed by atoms with Gasteiger partial charge in [-0.05, 0) is 43.3 Å². The maximum absolute atomic E-state index is 12.3. The molecule has 2 amide bonds. The molecule has 37 heavy (non-hydrogen) atoms. The van der Waals surface area contributed by atoms with E-state index in [4.69, 9.17) is 18.0 Å². The number of azo groups is 1. The van der Waals surface area contributed by atoms with E-state index in [2.05, 4.69) is 17.2 Å². The zero-order valence-electron chi connectivity index (χ0n) is 22.1. The van der Waals surface area contributed by atoms with E-state index in [9.17, 15) is 17.8 Å². The number of primary amides is 1. The first kappa shape index (κ1) is 31.1. The Morgan fingerprint density at radius 3 is 1.97 bits per heavy atom. The van der Waals surface area contributed by atoms with Gasteiger partial charge < -0.3 is 5.73 Å². The van der Waals surface area contributed by atoms with Crippen LogP contribution >= 0.6 is 12.2 Å². The third-order valence-corrected chi connectivity index (χ3v) is 7.72. The van der Waals surface area contributed by atoms with E-state index in [1.54, 1.807) is 0 Å². The lowest BCUT2D eigenvalue weighted by Crippen LogP contribution is -2.53. The molecule has 11 heteroatoms. The third-order valence-electron chi connectivity index (χ3n) is 6.61. The molecule has 0 saturated heterocycles. The number of thiocarbonyl (C=S) groups is 1. The molecule has 1 atom stereocenters. The first-order valence-electron chi connectivity index (χ1n) is 13.7. The van der Waals surface area contributed by atoms with Gasteiger partial charge in [-0.25, -0.2) is 9.80 Å². The van der Waals surface area contributed by atoms with Crippen LogP contribution in [0, 0.1) is 0 Å². The zero-order chi connectivity index (χ0) is 27.1. The highest BCUT2D eigenvalue weighted by atomic mass is 32.2. The molecule has 1 aliphatic rings. The second-order valence-corrected chi connectivity index (χ2v) is 11.5. The molecule has 208 valence electrons. The number of rotatable bonds is 19. The minimum absolute atomic E-state index is 0.0713.